The molecule has 1 aromatic carbocycles. The summed E-state index contributed by atoms with van der Waals surface area (Å²) in [6, 6.07) is 4.35. The van der Waals surface area contributed by atoms with E-state index in [1.165, 1.54) is 19.2 Å². The van der Waals surface area contributed by atoms with E-state index >= 15 is 0 Å². The van der Waals surface area contributed by atoms with Gasteiger partial charge in [0.2, 0.25) is 10.0 Å². The fourth-order valence-electron chi connectivity index (χ4n) is 0.962. The number of hydrogen-bond acceptors (Lipinski definition) is 3. The van der Waals surface area contributed by atoms with E-state index in [2.05, 4.69) is 4.72 Å². The van der Waals surface area contributed by atoms with Crippen molar-refractivity contribution in [1.82, 2.24) is 4.72 Å². The molecule has 6 heteroatoms. The maximum atomic E-state index is 11.4. The zero-order valence-electron chi connectivity index (χ0n) is 7.49. The highest BCUT2D eigenvalue weighted by Gasteiger charge is 2.15. The van der Waals surface area contributed by atoms with Crippen molar-refractivity contribution < 1.29 is 13.5 Å². The highest BCUT2D eigenvalue weighted by atomic mass is 35.5. The molecule has 0 aliphatic rings. The lowest BCUT2D eigenvalue weighted by Crippen LogP contribution is -2.19. The van der Waals surface area contributed by atoms with Gasteiger partial charge in [-0.15, -0.1) is 0 Å². The van der Waals surface area contributed by atoms with Crippen LogP contribution in [0.15, 0.2) is 23.1 Å². The molecule has 0 spiro atoms. The van der Waals surface area contributed by atoms with E-state index in [1.54, 1.807) is 6.07 Å². The largest absolute Gasteiger partial charge is 0.392 e. The molecule has 0 saturated carbocycles. The van der Waals surface area contributed by atoms with Crippen LogP contribution in [0.5, 0.6) is 0 Å². The molecule has 0 bridgehead atoms. The Morgan fingerprint density at radius 2 is 2.14 bits per heavy atom. The van der Waals surface area contributed by atoms with Crippen molar-refractivity contribution in [3.8, 4) is 0 Å². The number of aliphatic hydroxyl groups is 1. The summed E-state index contributed by atoms with van der Waals surface area (Å²) in [6.07, 6.45) is 0. The summed E-state index contributed by atoms with van der Waals surface area (Å²) in [6.45, 7) is -0.219. The molecule has 0 heterocycles. The van der Waals surface area contributed by atoms with Crippen LogP contribution in [0.1, 0.15) is 5.56 Å². The van der Waals surface area contributed by atoms with Crippen LogP contribution in [0.2, 0.25) is 5.02 Å². The molecule has 0 aliphatic carbocycles. The van der Waals surface area contributed by atoms with Crippen molar-refractivity contribution in [3.05, 3.63) is 28.8 Å². The molecule has 78 valence electrons. The van der Waals surface area contributed by atoms with Gasteiger partial charge in [0.15, 0.2) is 0 Å². The SMILES string of the molecule is CNS(=O)(=O)c1cc(CO)ccc1Cl. The second-order valence-corrected chi connectivity index (χ2v) is 4.89. The first-order chi connectivity index (χ1) is 6.51. The van der Waals surface area contributed by atoms with Crippen LogP contribution >= 0.6 is 11.6 Å². The minimum atomic E-state index is -3.55. The quantitative estimate of drug-likeness (QED) is 0.812. The first kappa shape index (κ1) is 11.5. The lowest BCUT2D eigenvalue weighted by Gasteiger charge is -2.06. The number of sulfonamides is 1. The van der Waals surface area contributed by atoms with Gasteiger partial charge in [-0.1, -0.05) is 17.7 Å². The van der Waals surface area contributed by atoms with E-state index in [-0.39, 0.29) is 16.5 Å². The number of rotatable bonds is 3. The number of nitrogens with one attached hydrogen (secondary N) is 1. The summed E-state index contributed by atoms with van der Waals surface area (Å²) in [4.78, 5) is -0.0202. The fourth-order valence-corrected chi connectivity index (χ4v) is 2.24. The van der Waals surface area contributed by atoms with Gasteiger partial charge >= 0.3 is 0 Å². The van der Waals surface area contributed by atoms with Crippen LogP contribution < -0.4 is 4.72 Å². The third-order valence-electron chi connectivity index (χ3n) is 1.74. The van der Waals surface area contributed by atoms with Crippen molar-refractivity contribution in [2.24, 2.45) is 0 Å². The molecule has 0 fully saturated rings. The van der Waals surface area contributed by atoms with Gasteiger partial charge in [0.25, 0.3) is 0 Å². The monoisotopic (exact) mass is 235 g/mol. The van der Waals surface area contributed by atoms with Crippen LogP contribution in [0.25, 0.3) is 0 Å². The molecule has 1 aromatic rings. The second kappa shape index (κ2) is 4.27. The summed E-state index contributed by atoms with van der Waals surface area (Å²) < 4.78 is 25.0. The van der Waals surface area contributed by atoms with Crippen LogP contribution in [-0.4, -0.2) is 20.6 Å². The van der Waals surface area contributed by atoms with Gasteiger partial charge in [-0.2, -0.15) is 0 Å². The smallest absolute Gasteiger partial charge is 0.241 e. The van der Waals surface area contributed by atoms with Crippen molar-refractivity contribution in [2.45, 2.75) is 11.5 Å². The standard InChI is InChI=1S/C8H10ClNO3S/c1-10-14(12,13)8-4-6(5-11)2-3-7(8)9/h2-4,10-11H,5H2,1H3. The first-order valence-corrected chi connectivity index (χ1v) is 5.70. The molecule has 2 N–H and O–H groups in total. The van der Waals surface area contributed by atoms with Crippen molar-refractivity contribution >= 4 is 21.6 Å². The Morgan fingerprint density at radius 1 is 1.50 bits per heavy atom. The molecule has 0 unspecified atom stereocenters. The second-order valence-electron chi connectivity index (χ2n) is 2.63. The third-order valence-corrected chi connectivity index (χ3v) is 3.63. The molecular formula is C8H10ClNO3S. The normalized spacial score (nSPS) is 11.6. The molecular weight excluding hydrogens is 226 g/mol. The van der Waals surface area contributed by atoms with Crippen LogP contribution in [0.3, 0.4) is 0 Å². The van der Waals surface area contributed by atoms with E-state index < -0.39 is 10.0 Å². The van der Waals surface area contributed by atoms with E-state index in [1.807, 2.05) is 0 Å². The average molecular weight is 236 g/mol. The minimum Gasteiger partial charge on any atom is -0.392 e. The van der Waals surface area contributed by atoms with E-state index in [0.717, 1.165) is 0 Å². The van der Waals surface area contributed by atoms with Gasteiger partial charge in [0.1, 0.15) is 4.90 Å². The van der Waals surface area contributed by atoms with Crippen molar-refractivity contribution in [1.29, 1.82) is 0 Å². The van der Waals surface area contributed by atoms with Gasteiger partial charge in [-0.25, -0.2) is 13.1 Å². The Balaban J connectivity index is 3.33. The maximum absolute atomic E-state index is 11.4. The predicted octanol–water partition coefficient (Wildman–Crippen LogP) is 0.740. The summed E-state index contributed by atoms with van der Waals surface area (Å²) in [5, 5.41) is 8.97. The van der Waals surface area contributed by atoms with Crippen molar-refractivity contribution in [3.63, 3.8) is 0 Å². The number of hydrogen-bond donors (Lipinski definition) is 2. The predicted molar refractivity (Wildman–Crippen MR) is 53.6 cm³/mol. The molecule has 0 atom stereocenters. The Bertz CT molecular complexity index is 430. The Kier molecular flexibility index (Phi) is 3.49. The summed E-state index contributed by atoms with van der Waals surface area (Å²) in [7, 11) is -2.25. The van der Waals surface area contributed by atoms with Gasteiger partial charge in [-0.05, 0) is 24.7 Å². The maximum Gasteiger partial charge on any atom is 0.241 e. The van der Waals surface area contributed by atoms with Gasteiger partial charge in [0.05, 0.1) is 11.6 Å². The number of benzene rings is 1. The Hall–Kier alpha value is -0.620. The lowest BCUT2D eigenvalue weighted by molar-refractivity contribution is 0.281. The van der Waals surface area contributed by atoms with Gasteiger partial charge in [-0.3, -0.25) is 0 Å². The topological polar surface area (TPSA) is 66.4 Å². The third kappa shape index (κ3) is 2.24. The molecule has 0 amide bonds. The summed E-state index contributed by atoms with van der Waals surface area (Å²) in [5.41, 5.74) is 0.503. The summed E-state index contributed by atoms with van der Waals surface area (Å²) >= 11 is 5.72. The minimum absolute atomic E-state index is 0.0202. The molecule has 0 saturated heterocycles. The Morgan fingerprint density at radius 3 is 2.64 bits per heavy atom. The molecule has 14 heavy (non-hydrogen) atoms. The fraction of sp³-hybridized carbons (Fsp3) is 0.250. The van der Waals surface area contributed by atoms with E-state index in [4.69, 9.17) is 16.7 Å². The summed E-state index contributed by atoms with van der Waals surface area (Å²) in [5.74, 6) is 0. The first-order valence-electron chi connectivity index (χ1n) is 3.84. The zero-order chi connectivity index (χ0) is 10.8. The average Bonchev–Trinajstić information content (AvgIpc) is 2.18. The lowest BCUT2D eigenvalue weighted by atomic mass is 10.2. The Labute approximate surface area is 87.6 Å². The molecule has 0 radical (unpaired) electrons. The molecule has 0 aliphatic heterocycles. The highest BCUT2D eigenvalue weighted by Crippen LogP contribution is 2.22. The van der Waals surface area contributed by atoms with Gasteiger partial charge < -0.3 is 5.11 Å². The van der Waals surface area contributed by atoms with Crippen molar-refractivity contribution in [2.75, 3.05) is 7.05 Å². The molecule has 4 nitrogen and oxygen atoms in total. The zero-order valence-corrected chi connectivity index (χ0v) is 9.06. The molecule has 0 aromatic heterocycles. The van der Waals surface area contributed by atoms with Crippen LogP contribution in [-0.2, 0) is 16.6 Å². The highest BCUT2D eigenvalue weighted by molar-refractivity contribution is 7.89. The van der Waals surface area contributed by atoms with Crippen LogP contribution in [0, 0.1) is 0 Å². The van der Waals surface area contributed by atoms with E-state index in [0.29, 0.717) is 5.56 Å². The van der Waals surface area contributed by atoms with Gasteiger partial charge in [0, 0.05) is 0 Å². The molecule has 1 rings (SSSR count). The van der Waals surface area contributed by atoms with E-state index in [9.17, 15) is 8.42 Å². The number of halogens is 1. The van der Waals surface area contributed by atoms with Crippen LogP contribution in [0.4, 0.5) is 0 Å². The number of aliphatic hydroxyl groups excluding tert-OH is 1.